The van der Waals surface area contributed by atoms with Gasteiger partial charge in [-0.05, 0) is 48.8 Å². The van der Waals surface area contributed by atoms with Gasteiger partial charge in [0.15, 0.2) is 5.82 Å². The largest absolute Gasteiger partial charge is 0.439 e. The maximum Gasteiger partial charge on any atom is 0.439 e. The topological polar surface area (TPSA) is 144 Å². The maximum absolute atomic E-state index is 14.4. The van der Waals surface area contributed by atoms with E-state index in [0.29, 0.717) is 69.9 Å². The summed E-state index contributed by atoms with van der Waals surface area (Å²) < 4.78 is 13.9. The summed E-state index contributed by atoms with van der Waals surface area (Å²) in [7, 11) is 0. The van der Waals surface area contributed by atoms with Crippen LogP contribution < -0.4 is 11.3 Å². The molecule has 0 bridgehead atoms. The molecule has 1 aliphatic heterocycles. The first-order valence-corrected chi connectivity index (χ1v) is 16.2. The van der Waals surface area contributed by atoms with Crippen LogP contribution in [0.5, 0.6) is 0 Å². The number of hydrogen-bond acceptors (Lipinski definition) is 9. The smallest absolute Gasteiger partial charge is 0.389 e. The molecule has 2 aliphatic rings. The number of rotatable bonds is 9. The number of nitrogens with one attached hydrogen (secondary N) is 1. The van der Waals surface area contributed by atoms with Gasteiger partial charge in [0.05, 0.1) is 24.5 Å². The summed E-state index contributed by atoms with van der Waals surface area (Å²) in [6.45, 7) is 5.81. The Labute approximate surface area is 265 Å². The Morgan fingerprint density at radius 2 is 1.76 bits per heavy atom. The number of nitrogens with zero attached hydrogens (tertiary/aromatic N) is 6. The molecule has 240 valence electrons. The van der Waals surface area contributed by atoms with E-state index >= 15 is 0 Å². The number of aliphatic hydroxyl groups is 1. The fraction of sp³-hybridized carbons (Fsp3) is 0.441. The third-order valence-corrected chi connectivity index (χ3v) is 9.45. The van der Waals surface area contributed by atoms with Gasteiger partial charge >= 0.3 is 5.76 Å². The number of morpholine rings is 1. The fourth-order valence-corrected chi connectivity index (χ4v) is 7.10. The Balaban J connectivity index is 1.18. The van der Waals surface area contributed by atoms with Crippen LogP contribution in [-0.4, -0.2) is 77.8 Å². The van der Waals surface area contributed by atoms with Crippen molar-refractivity contribution in [2.24, 2.45) is 0 Å². The first-order chi connectivity index (χ1) is 22.4. The van der Waals surface area contributed by atoms with Gasteiger partial charge in [-0.3, -0.25) is 23.8 Å². The van der Waals surface area contributed by atoms with Crippen LogP contribution >= 0.6 is 0 Å². The molecule has 1 aliphatic carbocycles. The highest BCUT2D eigenvalue weighted by molar-refractivity contribution is 5.80. The van der Waals surface area contributed by atoms with Crippen molar-refractivity contribution in [3.05, 3.63) is 92.6 Å². The molecular formula is C34H39N7O5. The van der Waals surface area contributed by atoms with E-state index in [2.05, 4.69) is 32.0 Å². The van der Waals surface area contributed by atoms with Crippen molar-refractivity contribution in [2.75, 3.05) is 32.8 Å². The predicted molar refractivity (Wildman–Crippen MR) is 172 cm³/mol. The molecule has 0 radical (unpaired) electrons. The molecule has 2 fully saturated rings. The average Bonchev–Trinajstić information content (AvgIpc) is 3.74. The van der Waals surface area contributed by atoms with E-state index in [-0.39, 0.29) is 11.6 Å². The van der Waals surface area contributed by atoms with E-state index in [9.17, 15) is 14.7 Å². The third-order valence-electron chi connectivity index (χ3n) is 9.45. The van der Waals surface area contributed by atoms with Crippen LogP contribution in [0.2, 0.25) is 0 Å². The number of hydrogen-bond donors (Lipinski definition) is 2. The lowest BCUT2D eigenvalue weighted by molar-refractivity contribution is -0.0569. The molecule has 46 heavy (non-hydrogen) atoms. The molecule has 0 atom stereocenters. The van der Waals surface area contributed by atoms with Gasteiger partial charge in [-0.15, -0.1) is 0 Å². The molecule has 0 unspecified atom stereocenters. The zero-order chi connectivity index (χ0) is 31.7. The van der Waals surface area contributed by atoms with E-state index in [1.165, 1.54) is 6.33 Å². The quantitative estimate of drug-likeness (QED) is 0.251. The summed E-state index contributed by atoms with van der Waals surface area (Å²) in [5.74, 6) is 0.339. The van der Waals surface area contributed by atoms with E-state index in [1.54, 1.807) is 0 Å². The van der Waals surface area contributed by atoms with Crippen LogP contribution in [0.15, 0.2) is 69.0 Å². The number of H-pyrrole nitrogens is 1. The Hall–Kier alpha value is -4.39. The van der Waals surface area contributed by atoms with E-state index in [4.69, 9.17) is 9.26 Å². The maximum atomic E-state index is 14.4. The second-order valence-corrected chi connectivity index (χ2v) is 12.5. The van der Waals surface area contributed by atoms with Crippen LogP contribution in [0.3, 0.4) is 0 Å². The minimum atomic E-state index is -0.768. The van der Waals surface area contributed by atoms with Crippen LogP contribution in [0.25, 0.3) is 28.3 Å². The highest BCUT2D eigenvalue weighted by Crippen LogP contribution is 2.36. The number of aromatic amines is 1. The Morgan fingerprint density at radius 3 is 2.46 bits per heavy atom. The third kappa shape index (κ3) is 5.95. The summed E-state index contributed by atoms with van der Waals surface area (Å²) in [5, 5.41) is 19.9. The zero-order valence-corrected chi connectivity index (χ0v) is 26.0. The molecular weight excluding hydrogens is 586 g/mol. The minimum absolute atomic E-state index is 0.0306. The summed E-state index contributed by atoms with van der Waals surface area (Å²) >= 11 is 0. The monoisotopic (exact) mass is 625 g/mol. The fourth-order valence-electron chi connectivity index (χ4n) is 7.10. The SMILES string of the molecule is CCCc1c(Cc2ccc(-c3ccccc3-c3noc(=O)[nH]3)cc2)c(=O)n(C2CCC(O)(CN3CCOCC3)CC2)c2ncnn12. The summed E-state index contributed by atoms with van der Waals surface area (Å²) in [6.07, 6.45) is 6.19. The highest BCUT2D eigenvalue weighted by Gasteiger charge is 2.37. The highest BCUT2D eigenvalue weighted by atomic mass is 16.5. The van der Waals surface area contributed by atoms with Crippen molar-refractivity contribution in [1.29, 1.82) is 0 Å². The first-order valence-electron chi connectivity index (χ1n) is 16.2. The standard InChI is InChI=1S/C34H39N7O5/c1-2-5-29-28(20-23-8-10-24(11-9-23)26-6-3-4-7-27(26)30-37-33(43)46-38-30)31(42)40(32-35-22-36-41(29)32)25-12-14-34(44,15-13-25)21-39-16-18-45-19-17-39/h3-4,6-11,22,25,44H,2,5,12-21H2,1H3,(H,37,38,43). The summed E-state index contributed by atoms with van der Waals surface area (Å²) in [6, 6.07) is 15.7. The van der Waals surface area contributed by atoms with Gasteiger partial charge in [-0.2, -0.15) is 10.1 Å². The van der Waals surface area contributed by atoms with Crippen molar-refractivity contribution >= 4 is 5.78 Å². The molecule has 2 aromatic carbocycles. The molecule has 1 saturated carbocycles. The molecule has 2 N–H and O–H groups in total. The number of aryl methyl sites for hydroxylation is 1. The van der Waals surface area contributed by atoms with Gasteiger partial charge < -0.3 is 9.84 Å². The van der Waals surface area contributed by atoms with Crippen molar-refractivity contribution in [3.8, 4) is 22.5 Å². The van der Waals surface area contributed by atoms with Crippen molar-refractivity contribution in [1.82, 2.24) is 34.2 Å². The van der Waals surface area contributed by atoms with Crippen molar-refractivity contribution < 1.29 is 14.4 Å². The van der Waals surface area contributed by atoms with Crippen LogP contribution in [-0.2, 0) is 17.6 Å². The Bertz CT molecular complexity index is 1930. The Morgan fingerprint density at radius 1 is 1.02 bits per heavy atom. The van der Waals surface area contributed by atoms with E-state index < -0.39 is 11.4 Å². The molecule has 0 spiro atoms. The summed E-state index contributed by atoms with van der Waals surface area (Å²) in [5.41, 5.74) is 4.43. The number of fused-ring (bicyclic) bond motifs is 1. The molecule has 1 saturated heterocycles. The normalized spacial score (nSPS) is 20.8. The minimum Gasteiger partial charge on any atom is -0.389 e. The van der Waals surface area contributed by atoms with Crippen LogP contribution in [0.4, 0.5) is 0 Å². The molecule has 5 aromatic rings. The van der Waals surface area contributed by atoms with Crippen molar-refractivity contribution in [2.45, 2.75) is 63.5 Å². The Kier molecular flexibility index (Phi) is 8.41. The van der Waals surface area contributed by atoms with E-state index in [0.717, 1.165) is 53.0 Å². The van der Waals surface area contributed by atoms with Gasteiger partial charge in [-0.1, -0.05) is 67.0 Å². The lowest BCUT2D eigenvalue weighted by Gasteiger charge is -2.40. The van der Waals surface area contributed by atoms with Gasteiger partial charge in [0, 0.05) is 43.2 Å². The van der Waals surface area contributed by atoms with Crippen LogP contribution in [0, 0.1) is 0 Å². The molecule has 12 nitrogen and oxygen atoms in total. The molecule has 3 aromatic heterocycles. The van der Waals surface area contributed by atoms with Gasteiger partial charge in [0.25, 0.3) is 5.56 Å². The van der Waals surface area contributed by atoms with Crippen LogP contribution in [0.1, 0.15) is 61.9 Å². The molecule has 7 rings (SSSR count). The molecule has 4 heterocycles. The summed E-state index contributed by atoms with van der Waals surface area (Å²) in [4.78, 5) is 35.5. The number of ether oxygens (including phenoxy) is 1. The number of benzene rings is 2. The van der Waals surface area contributed by atoms with Gasteiger partial charge in [-0.25, -0.2) is 9.31 Å². The number of aromatic nitrogens is 6. The number of β-amino-alcohol motifs (C(OH)–C–C–N with tert-alkyl or cyclic N) is 1. The van der Waals surface area contributed by atoms with E-state index in [1.807, 2.05) is 57.6 Å². The lowest BCUT2D eigenvalue weighted by Crippen LogP contribution is -2.49. The zero-order valence-electron chi connectivity index (χ0n) is 26.0. The first kappa shape index (κ1) is 30.3. The second kappa shape index (κ2) is 12.8. The molecule has 12 heteroatoms. The average molecular weight is 626 g/mol. The van der Waals surface area contributed by atoms with Gasteiger partial charge in [0.1, 0.15) is 6.33 Å². The predicted octanol–water partition coefficient (Wildman–Crippen LogP) is 3.62. The molecule has 0 amide bonds. The second-order valence-electron chi connectivity index (χ2n) is 12.5. The van der Waals surface area contributed by atoms with Gasteiger partial charge in [0.2, 0.25) is 5.78 Å². The lowest BCUT2D eigenvalue weighted by atomic mass is 9.81. The van der Waals surface area contributed by atoms with Crippen molar-refractivity contribution in [3.63, 3.8) is 0 Å².